The number of carbonyl (C=O) groups excluding carboxylic acids is 1. The van der Waals surface area contributed by atoms with Crippen molar-refractivity contribution in [3.63, 3.8) is 0 Å². The molecule has 0 saturated heterocycles. The Labute approximate surface area is 151 Å². The number of rotatable bonds is 5. The Morgan fingerprint density at radius 1 is 1.11 bits per heavy atom. The summed E-state index contributed by atoms with van der Waals surface area (Å²) in [5, 5.41) is 17.7. The zero-order valence-electron chi connectivity index (χ0n) is 13.9. The van der Waals surface area contributed by atoms with Crippen LogP contribution in [0.4, 0.5) is 14.6 Å². The summed E-state index contributed by atoms with van der Waals surface area (Å²) in [6.45, 7) is 0. The molecule has 0 fully saturated rings. The fourth-order valence-electron chi connectivity index (χ4n) is 2.39. The first-order valence-electron chi connectivity index (χ1n) is 7.62. The van der Waals surface area contributed by atoms with E-state index in [2.05, 4.69) is 15.5 Å². The van der Waals surface area contributed by atoms with Gasteiger partial charge in [-0.1, -0.05) is 12.1 Å². The Balaban J connectivity index is 1.80. The van der Waals surface area contributed by atoms with Crippen molar-refractivity contribution in [3.05, 3.63) is 65.2 Å². The van der Waals surface area contributed by atoms with Crippen molar-refractivity contribution in [1.82, 2.24) is 10.2 Å². The number of carbonyl (C=O) groups is 2. The van der Waals surface area contributed by atoms with Gasteiger partial charge in [0.1, 0.15) is 22.9 Å². The predicted octanol–water partition coefficient (Wildman–Crippen LogP) is 3.31. The van der Waals surface area contributed by atoms with E-state index >= 15 is 0 Å². The molecule has 2 aromatic carbocycles. The normalized spacial score (nSPS) is 10.5. The highest BCUT2D eigenvalue weighted by Gasteiger charge is 2.20. The van der Waals surface area contributed by atoms with Crippen LogP contribution in [-0.2, 0) is 0 Å². The number of amides is 1. The minimum Gasteiger partial charge on any atom is -0.497 e. The number of nitrogens with one attached hydrogen (secondary N) is 2. The number of aromatic nitrogens is 2. The van der Waals surface area contributed by atoms with Gasteiger partial charge in [-0.05, 0) is 17.7 Å². The van der Waals surface area contributed by atoms with E-state index < -0.39 is 29.1 Å². The number of aromatic amines is 1. The van der Waals surface area contributed by atoms with Crippen LogP contribution in [0.15, 0.2) is 42.5 Å². The summed E-state index contributed by atoms with van der Waals surface area (Å²) in [4.78, 5) is 23.0. The van der Waals surface area contributed by atoms with E-state index in [9.17, 15) is 18.4 Å². The van der Waals surface area contributed by atoms with E-state index in [1.807, 2.05) is 0 Å². The van der Waals surface area contributed by atoms with Gasteiger partial charge in [-0.2, -0.15) is 5.10 Å². The third-order valence-corrected chi connectivity index (χ3v) is 3.74. The minimum absolute atomic E-state index is 0.0478. The van der Waals surface area contributed by atoms with E-state index in [1.54, 1.807) is 12.1 Å². The van der Waals surface area contributed by atoms with Crippen LogP contribution >= 0.6 is 0 Å². The topological polar surface area (TPSA) is 104 Å². The van der Waals surface area contributed by atoms with Gasteiger partial charge in [0.15, 0.2) is 5.82 Å². The third kappa shape index (κ3) is 3.76. The molecular weight excluding hydrogens is 360 g/mol. The van der Waals surface area contributed by atoms with Gasteiger partial charge in [0.2, 0.25) is 0 Å². The summed E-state index contributed by atoms with van der Waals surface area (Å²) in [6, 6.07) is 9.21. The Kier molecular flexibility index (Phi) is 4.84. The molecule has 1 heterocycles. The summed E-state index contributed by atoms with van der Waals surface area (Å²) >= 11 is 0. The van der Waals surface area contributed by atoms with E-state index in [0.29, 0.717) is 11.3 Å². The minimum atomic E-state index is -1.07. The second-order valence-electron chi connectivity index (χ2n) is 5.47. The number of ether oxygens (including phenoxy) is 1. The van der Waals surface area contributed by atoms with Gasteiger partial charge in [-0.25, -0.2) is 13.6 Å². The number of aromatic carboxylic acids is 1. The van der Waals surface area contributed by atoms with E-state index in [-0.39, 0.29) is 17.1 Å². The van der Waals surface area contributed by atoms with Gasteiger partial charge >= 0.3 is 5.97 Å². The molecule has 0 radical (unpaired) electrons. The van der Waals surface area contributed by atoms with Crippen molar-refractivity contribution in [2.75, 3.05) is 12.4 Å². The third-order valence-electron chi connectivity index (χ3n) is 3.74. The maximum Gasteiger partial charge on any atom is 0.335 e. The molecule has 138 valence electrons. The standard InChI is InChI=1S/C18H13F2N3O4/c1-27-11-6-12(19)16(13(20)7-11)17(24)21-15-8-14(22-23-15)9-2-4-10(5-3-9)18(25)26/h2-8H,1H3,(H,25,26)(H2,21,22,23,24). The van der Waals surface area contributed by atoms with Gasteiger partial charge in [0.25, 0.3) is 5.91 Å². The fraction of sp³-hybridized carbons (Fsp3) is 0.0556. The number of H-pyrrole nitrogens is 1. The van der Waals surface area contributed by atoms with E-state index in [0.717, 1.165) is 12.1 Å². The van der Waals surface area contributed by atoms with Gasteiger partial charge in [-0.15, -0.1) is 0 Å². The van der Waals surface area contributed by atoms with Crippen LogP contribution in [0.5, 0.6) is 5.75 Å². The van der Waals surface area contributed by atoms with Crippen molar-refractivity contribution in [1.29, 1.82) is 0 Å². The van der Waals surface area contributed by atoms with Gasteiger partial charge in [0.05, 0.1) is 18.4 Å². The largest absolute Gasteiger partial charge is 0.497 e. The number of methoxy groups -OCH3 is 1. The highest BCUT2D eigenvalue weighted by atomic mass is 19.1. The molecule has 0 aliphatic heterocycles. The van der Waals surface area contributed by atoms with Crippen molar-refractivity contribution in [3.8, 4) is 17.0 Å². The average molecular weight is 373 g/mol. The van der Waals surface area contributed by atoms with Crippen LogP contribution < -0.4 is 10.1 Å². The zero-order chi connectivity index (χ0) is 19.6. The molecule has 3 rings (SSSR count). The maximum absolute atomic E-state index is 14.0. The van der Waals surface area contributed by atoms with Crippen molar-refractivity contribution in [2.24, 2.45) is 0 Å². The molecule has 3 aromatic rings. The molecule has 0 bridgehead atoms. The van der Waals surface area contributed by atoms with E-state index in [1.165, 1.54) is 25.3 Å². The number of anilines is 1. The first-order valence-corrected chi connectivity index (χ1v) is 7.62. The number of halogens is 2. The molecule has 1 amide bonds. The number of benzene rings is 2. The molecule has 7 nitrogen and oxygen atoms in total. The second kappa shape index (κ2) is 7.24. The van der Waals surface area contributed by atoms with E-state index in [4.69, 9.17) is 9.84 Å². The summed E-state index contributed by atoms with van der Waals surface area (Å²) in [6.07, 6.45) is 0. The quantitative estimate of drug-likeness (QED) is 0.636. The molecule has 3 N–H and O–H groups in total. The molecule has 0 aliphatic rings. The molecule has 0 saturated carbocycles. The highest BCUT2D eigenvalue weighted by molar-refractivity contribution is 6.04. The van der Waals surface area contributed by atoms with Crippen molar-refractivity contribution in [2.45, 2.75) is 0 Å². The first kappa shape index (κ1) is 18.1. The number of nitrogens with zero attached hydrogens (tertiary/aromatic N) is 1. The smallest absolute Gasteiger partial charge is 0.335 e. The van der Waals surface area contributed by atoms with Crippen LogP contribution in [0.25, 0.3) is 11.3 Å². The molecule has 0 spiro atoms. The Hall–Kier alpha value is -3.75. The highest BCUT2D eigenvalue weighted by Crippen LogP contribution is 2.23. The lowest BCUT2D eigenvalue weighted by Gasteiger charge is -2.07. The van der Waals surface area contributed by atoms with Crippen LogP contribution in [0, 0.1) is 11.6 Å². The Morgan fingerprint density at radius 3 is 2.30 bits per heavy atom. The predicted molar refractivity (Wildman–Crippen MR) is 91.8 cm³/mol. The summed E-state index contributed by atoms with van der Waals surface area (Å²) in [7, 11) is 1.25. The molecule has 1 aromatic heterocycles. The monoisotopic (exact) mass is 373 g/mol. The van der Waals surface area contributed by atoms with Gasteiger partial charge in [0, 0.05) is 18.2 Å². The maximum atomic E-state index is 14.0. The molecule has 0 aliphatic carbocycles. The SMILES string of the molecule is COc1cc(F)c(C(=O)Nc2cc(-c3ccc(C(=O)O)cc3)[nH]n2)c(F)c1. The van der Waals surface area contributed by atoms with Crippen LogP contribution in [-0.4, -0.2) is 34.3 Å². The summed E-state index contributed by atoms with van der Waals surface area (Å²) < 4.78 is 32.7. The lowest BCUT2D eigenvalue weighted by molar-refractivity contribution is 0.0696. The number of carboxylic acid groups (broad SMARTS) is 1. The van der Waals surface area contributed by atoms with Crippen LogP contribution in [0.3, 0.4) is 0 Å². The number of hydrogen-bond acceptors (Lipinski definition) is 4. The summed E-state index contributed by atoms with van der Waals surface area (Å²) in [5.41, 5.74) is 0.469. The molecule has 0 unspecified atom stereocenters. The molecule has 27 heavy (non-hydrogen) atoms. The lowest BCUT2D eigenvalue weighted by atomic mass is 10.1. The lowest BCUT2D eigenvalue weighted by Crippen LogP contribution is -2.16. The van der Waals surface area contributed by atoms with Crippen molar-refractivity contribution >= 4 is 17.7 Å². The zero-order valence-corrected chi connectivity index (χ0v) is 13.9. The number of carboxylic acids is 1. The van der Waals surface area contributed by atoms with Crippen LogP contribution in [0.1, 0.15) is 20.7 Å². The fourth-order valence-corrected chi connectivity index (χ4v) is 2.39. The number of hydrogen-bond donors (Lipinski definition) is 3. The second-order valence-corrected chi connectivity index (χ2v) is 5.47. The molecule has 9 heteroatoms. The molecular formula is C18H13F2N3O4. The Morgan fingerprint density at radius 2 is 1.74 bits per heavy atom. The van der Waals surface area contributed by atoms with Gasteiger partial charge in [-0.3, -0.25) is 9.89 Å². The van der Waals surface area contributed by atoms with Crippen LogP contribution in [0.2, 0.25) is 0 Å². The average Bonchev–Trinajstić information content (AvgIpc) is 3.09. The first-order chi connectivity index (χ1) is 12.9. The summed E-state index contributed by atoms with van der Waals surface area (Å²) in [5.74, 6) is -4.19. The Bertz CT molecular complexity index is 993. The molecule has 0 atom stereocenters. The van der Waals surface area contributed by atoms with Gasteiger partial charge < -0.3 is 15.2 Å². The van der Waals surface area contributed by atoms with Crippen molar-refractivity contribution < 1.29 is 28.2 Å².